The number of ether oxygens (including phenoxy) is 1. The molecule has 1 saturated carbocycles. The number of nitrogens with zero attached hydrogens (tertiary/aromatic N) is 2. The normalized spacial score (nSPS) is 18.9. The number of piperazine rings is 1. The summed E-state index contributed by atoms with van der Waals surface area (Å²) in [5.41, 5.74) is 0.330. The summed E-state index contributed by atoms with van der Waals surface area (Å²) >= 11 is 0. The van der Waals surface area contributed by atoms with E-state index in [1.807, 2.05) is 0 Å². The predicted molar refractivity (Wildman–Crippen MR) is 133 cm³/mol. The van der Waals surface area contributed by atoms with Gasteiger partial charge in [0.2, 0.25) is 21.8 Å². The smallest absolute Gasteiger partial charge is 0.406 e. The van der Waals surface area contributed by atoms with Crippen LogP contribution in [0.1, 0.15) is 37.3 Å². The van der Waals surface area contributed by atoms with Gasteiger partial charge in [0.05, 0.1) is 4.90 Å². The van der Waals surface area contributed by atoms with Crippen LogP contribution in [-0.2, 0) is 32.1 Å². The van der Waals surface area contributed by atoms with E-state index in [0.717, 1.165) is 28.6 Å². The molecule has 8 nitrogen and oxygen atoms in total. The largest absolute Gasteiger partial charge is 0.573 e. The number of alkyl halides is 5. The molecule has 0 spiro atoms. The highest BCUT2D eigenvalue weighted by molar-refractivity contribution is 7.89. The summed E-state index contributed by atoms with van der Waals surface area (Å²) < 4.78 is 96.9. The Kier molecular flexibility index (Phi) is 8.41. The number of carbonyl (C=O) groups is 2. The van der Waals surface area contributed by atoms with Crippen molar-refractivity contribution in [3.63, 3.8) is 0 Å². The zero-order valence-corrected chi connectivity index (χ0v) is 22.3. The molecule has 1 heterocycles. The molecule has 0 unspecified atom stereocenters. The number of benzene rings is 2. The maximum atomic E-state index is 13.9. The summed E-state index contributed by atoms with van der Waals surface area (Å²) in [4.78, 5) is 27.0. The minimum absolute atomic E-state index is 0.0424. The van der Waals surface area contributed by atoms with Crippen molar-refractivity contribution in [2.24, 2.45) is 5.92 Å². The zero-order chi connectivity index (χ0) is 29.3. The lowest BCUT2D eigenvalue weighted by Gasteiger charge is -2.39. The van der Waals surface area contributed by atoms with Crippen LogP contribution in [0.25, 0.3) is 0 Å². The van der Waals surface area contributed by atoms with Crippen molar-refractivity contribution in [1.82, 2.24) is 14.5 Å². The Morgan fingerprint density at radius 3 is 2.15 bits per heavy atom. The number of hydrogen-bond acceptors (Lipinski definition) is 5. The van der Waals surface area contributed by atoms with Crippen LogP contribution in [0.2, 0.25) is 0 Å². The molecule has 4 rings (SSSR count). The van der Waals surface area contributed by atoms with Crippen molar-refractivity contribution in [2.45, 2.75) is 56.0 Å². The molecule has 0 radical (unpaired) electrons. The number of rotatable bonds is 9. The summed E-state index contributed by atoms with van der Waals surface area (Å²) in [5.74, 6) is -4.64. The molecule has 1 N–H and O–H groups in total. The first-order valence-electron chi connectivity index (χ1n) is 12.6. The number of sulfonamides is 1. The van der Waals surface area contributed by atoms with Crippen LogP contribution in [-0.4, -0.2) is 61.5 Å². The molecule has 2 aromatic carbocycles. The molecular formula is C26H28F5N3O5S. The maximum absolute atomic E-state index is 13.9. The molecule has 0 bridgehead atoms. The van der Waals surface area contributed by atoms with Crippen LogP contribution in [0.5, 0.6) is 5.75 Å². The topological polar surface area (TPSA) is 96.0 Å². The van der Waals surface area contributed by atoms with Crippen molar-refractivity contribution in [1.29, 1.82) is 0 Å². The summed E-state index contributed by atoms with van der Waals surface area (Å²) in [6, 6.07) is 7.65. The molecular weight excluding hydrogens is 561 g/mol. The lowest BCUT2D eigenvalue weighted by Crippen LogP contribution is -2.61. The van der Waals surface area contributed by atoms with Crippen molar-refractivity contribution in [3.05, 3.63) is 59.7 Å². The number of amides is 2. The van der Waals surface area contributed by atoms with E-state index in [2.05, 4.69) is 10.1 Å². The third-order valence-corrected chi connectivity index (χ3v) is 8.75. The van der Waals surface area contributed by atoms with Crippen LogP contribution in [0.3, 0.4) is 0 Å². The van der Waals surface area contributed by atoms with Crippen LogP contribution in [0, 0.1) is 5.92 Å². The Hall–Kier alpha value is -3.26. The minimum atomic E-state index is -4.95. The first kappa shape index (κ1) is 29.7. The van der Waals surface area contributed by atoms with Crippen LogP contribution in [0.4, 0.5) is 22.0 Å². The summed E-state index contributed by atoms with van der Waals surface area (Å²) in [6.07, 6.45) is -3.89. The van der Waals surface area contributed by atoms with Crippen molar-refractivity contribution in [2.75, 3.05) is 19.6 Å². The molecule has 218 valence electrons. The SMILES string of the molecule is CCC(F)(F)c1ccc(CNC(=O)[C@H]2CN(C(=O)C3CC3)CCN2S(=O)(=O)c2ccc(OC(F)(F)F)cc2)cc1. The van der Waals surface area contributed by atoms with Gasteiger partial charge in [0.25, 0.3) is 5.92 Å². The van der Waals surface area contributed by atoms with E-state index in [1.54, 1.807) is 0 Å². The first-order chi connectivity index (χ1) is 18.7. The van der Waals surface area contributed by atoms with Gasteiger partial charge in [-0.15, -0.1) is 13.2 Å². The van der Waals surface area contributed by atoms with Crippen molar-refractivity contribution >= 4 is 21.8 Å². The van der Waals surface area contributed by atoms with Gasteiger partial charge in [0, 0.05) is 44.1 Å². The molecule has 0 aromatic heterocycles. The monoisotopic (exact) mass is 589 g/mol. The first-order valence-corrected chi connectivity index (χ1v) is 14.1. The molecule has 1 atom stereocenters. The number of hydrogen-bond donors (Lipinski definition) is 1. The number of nitrogens with one attached hydrogen (secondary N) is 1. The Morgan fingerprint density at radius 2 is 1.60 bits per heavy atom. The lowest BCUT2D eigenvalue weighted by molar-refractivity contribution is -0.274. The van der Waals surface area contributed by atoms with Gasteiger partial charge < -0.3 is 15.0 Å². The standard InChI is InChI=1S/C26H28F5N3O5S/c1-2-25(27,28)19-7-3-17(4-8-19)15-32-23(35)22-16-33(24(36)18-5-6-18)13-14-34(22)40(37,38)21-11-9-20(10-12-21)39-26(29,30)31/h3-4,7-12,18,22H,2,5-6,13-16H2,1H3,(H,32,35)/t22-/m1/s1. The van der Waals surface area contributed by atoms with Gasteiger partial charge in [0.15, 0.2) is 0 Å². The fourth-order valence-corrected chi connectivity index (χ4v) is 5.95. The van der Waals surface area contributed by atoms with E-state index < -0.39 is 40.0 Å². The lowest BCUT2D eigenvalue weighted by atomic mass is 10.0. The van der Waals surface area contributed by atoms with E-state index in [1.165, 1.54) is 36.1 Å². The number of carbonyl (C=O) groups excluding carboxylic acids is 2. The summed E-state index contributed by atoms with van der Waals surface area (Å²) in [7, 11) is -4.36. The maximum Gasteiger partial charge on any atom is 0.573 e. The van der Waals surface area contributed by atoms with Crippen LogP contribution < -0.4 is 10.1 Å². The Balaban J connectivity index is 1.52. The van der Waals surface area contributed by atoms with Gasteiger partial charge in [-0.1, -0.05) is 31.2 Å². The van der Waals surface area contributed by atoms with Gasteiger partial charge in [0.1, 0.15) is 11.8 Å². The van der Waals surface area contributed by atoms with E-state index in [0.29, 0.717) is 18.4 Å². The molecule has 2 fully saturated rings. The van der Waals surface area contributed by atoms with E-state index in [4.69, 9.17) is 0 Å². The van der Waals surface area contributed by atoms with Crippen LogP contribution >= 0.6 is 0 Å². The highest BCUT2D eigenvalue weighted by Crippen LogP contribution is 2.33. The Labute approximate surface area is 228 Å². The molecule has 2 aliphatic rings. The average Bonchev–Trinajstić information content (AvgIpc) is 3.76. The van der Waals surface area contributed by atoms with Crippen LogP contribution in [0.15, 0.2) is 53.4 Å². The van der Waals surface area contributed by atoms with E-state index >= 15 is 0 Å². The van der Waals surface area contributed by atoms with Gasteiger partial charge in [-0.25, -0.2) is 17.2 Å². The van der Waals surface area contributed by atoms with Gasteiger partial charge >= 0.3 is 6.36 Å². The van der Waals surface area contributed by atoms with Gasteiger partial charge in [-0.05, 0) is 42.7 Å². The number of halogens is 5. The Bertz CT molecular complexity index is 1330. The zero-order valence-electron chi connectivity index (χ0n) is 21.5. The second-order valence-electron chi connectivity index (χ2n) is 9.68. The van der Waals surface area contributed by atoms with Crippen molar-refractivity contribution < 1.29 is 44.7 Å². The molecule has 1 aliphatic carbocycles. The molecule has 1 aliphatic heterocycles. The minimum Gasteiger partial charge on any atom is -0.406 e. The summed E-state index contributed by atoms with van der Waals surface area (Å²) in [5, 5.41) is 2.62. The molecule has 2 amide bonds. The fraction of sp³-hybridized carbons (Fsp3) is 0.462. The van der Waals surface area contributed by atoms with Crippen molar-refractivity contribution in [3.8, 4) is 5.75 Å². The predicted octanol–water partition coefficient (Wildman–Crippen LogP) is 4.01. The van der Waals surface area contributed by atoms with E-state index in [9.17, 15) is 40.0 Å². The van der Waals surface area contributed by atoms with Gasteiger partial charge in [-0.3, -0.25) is 9.59 Å². The van der Waals surface area contributed by atoms with E-state index in [-0.39, 0.29) is 54.9 Å². The highest BCUT2D eigenvalue weighted by atomic mass is 32.2. The third kappa shape index (κ3) is 6.89. The fourth-order valence-electron chi connectivity index (χ4n) is 4.38. The average molecular weight is 590 g/mol. The second kappa shape index (κ2) is 11.3. The molecule has 14 heteroatoms. The second-order valence-corrected chi connectivity index (χ2v) is 11.6. The molecule has 1 saturated heterocycles. The third-order valence-electron chi connectivity index (χ3n) is 6.82. The molecule has 2 aromatic rings. The Morgan fingerprint density at radius 1 is 0.975 bits per heavy atom. The molecule has 40 heavy (non-hydrogen) atoms. The highest BCUT2D eigenvalue weighted by Gasteiger charge is 2.44. The van der Waals surface area contributed by atoms with Gasteiger partial charge in [-0.2, -0.15) is 4.31 Å². The quantitative estimate of drug-likeness (QED) is 0.446. The summed E-state index contributed by atoms with van der Waals surface area (Å²) in [6.45, 7) is 0.903.